The van der Waals surface area contributed by atoms with Gasteiger partial charge in [0.1, 0.15) is 0 Å². The molecule has 1 rings (SSSR count). The highest BCUT2D eigenvalue weighted by atomic mass is 32.2. The molecule has 0 saturated carbocycles. The molecule has 17 heavy (non-hydrogen) atoms. The average Bonchev–Trinajstić information content (AvgIpc) is 2.67. The highest BCUT2D eigenvalue weighted by Crippen LogP contribution is 2.28. The maximum atomic E-state index is 11.6. The van der Waals surface area contributed by atoms with Gasteiger partial charge in [0.25, 0.3) is 0 Å². The number of nitrogens with two attached hydrogens (primary N) is 1. The molecule has 0 aromatic carbocycles. The Morgan fingerprint density at radius 2 is 2.18 bits per heavy atom. The molecule has 1 fully saturated rings. The summed E-state index contributed by atoms with van der Waals surface area (Å²) in [5, 5.41) is 8.28. The molecule has 0 aromatic rings. The normalized spacial score (nSPS) is 25.7. The third kappa shape index (κ3) is 3.02. The largest absolute Gasteiger partial charge is 0.468 e. The zero-order valence-corrected chi connectivity index (χ0v) is 10.5. The number of carboxylic acid groups (broad SMARTS) is 1. The van der Waals surface area contributed by atoms with E-state index in [2.05, 4.69) is 4.74 Å². The van der Waals surface area contributed by atoms with Gasteiger partial charge in [-0.25, -0.2) is 4.79 Å². The lowest BCUT2D eigenvalue weighted by molar-refractivity contribution is -0.141. The molecule has 1 amide bonds. The Kier molecular flexibility index (Phi) is 5.03. The number of likely N-dealkylation sites (tertiary alicyclic amines) is 1. The smallest absolute Gasteiger partial charge is 0.407 e. The van der Waals surface area contributed by atoms with Gasteiger partial charge in [-0.2, -0.15) is 0 Å². The predicted molar refractivity (Wildman–Crippen MR) is 61.5 cm³/mol. The molecule has 1 unspecified atom stereocenters. The van der Waals surface area contributed by atoms with E-state index in [1.807, 2.05) is 0 Å². The Morgan fingerprint density at radius 3 is 2.65 bits per heavy atom. The maximum absolute atomic E-state index is 11.6. The fraction of sp³-hybridized carbons (Fsp3) is 0.778. The fourth-order valence-corrected chi connectivity index (χ4v) is 2.75. The van der Waals surface area contributed by atoms with Crippen molar-refractivity contribution in [2.45, 2.75) is 23.8 Å². The SMILES string of the molecule is COSC(C(=O)OC)[C@H]1[C@H](N)CCN1C(=O)O. The highest BCUT2D eigenvalue weighted by Gasteiger charge is 2.44. The number of carbonyl (C=O) groups excluding carboxylic acids is 1. The van der Waals surface area contributed by atoms with Crippen molar-refractivity contribution in [1.29, 1.82) is 0 Å². The maximum Gasteiger partial charge on any atom is 0.407 e. The van der Waals surface area contributed by atoms with Crippen molar-refractivity contribution in [3.8, 4) is 0 Å². The van der Waals surface area contributed by atoms with Crippen LogP contribution >= 0.6 is 12.0 Å². The number of methoxy groups -OCH3 is 1. The molecule has 8 heteroatoms. The summed E-state index contributed by atoms with van der Waals surface area (Å²) in [6, 6.07) is -1.01. The Labute approximate surface area is 103 Å². The summed E-state index contributed by atoms with van der Waals surface area (Å²) in [7, 11) is 2.66. The van der Waals surface area contributed by atoms with Gasteiger partial charge in [0.2, 0.25) is 0 Å². The standard InChI is InChI=1S/C9H16N2O5S/c1-15-8(12)7(17-16-2)6-5(10)3-4-11(6)9(13)14/h5-7H,3-4,10H2,1-2H3,(H,13,14)/t5-,6-,7?/m1/s1. The van der Waals surface area contributed by atoms with Gasteiger partial charge in [0.15, 0.2) is 5.25 Å². The molecule has 0 spiro atoms. The van der Waals surface area contributed by atoms with Gasteiger partial charge in [-0.05, 0) is 6.42 Å². The van der Waals surface area contributed by atoms with E-state index >= 15 is 0 Å². The van der Waals surface area contributed by atoms with Gasteiger partial charge in [-0.15, -0.1) is 0 Å². The van der Waals surface area contributed by atoms with Crippen molar-refractivity contribution in [3.05, 3.63) is 0 Å². The first kappa shape index (κ1) is 14.1. The molecule has 1 heterocycles. The number of hydrogen-bond acceptors (Lipinski definition) is 6. The summed E-state index contributed by atoms with van der Waals surface area (Å²) < 4.78 is 9.50. The lowest BCUT2D eigenvalue weighted by Crippen LogP contribution is -2.51. The second-order valence-corrected chi connectivity index (χ2v) is 4.66. The van der Waals surface area contributed by atoms with Gasteiger partial charge in [0, 0.05) is 24.6 Å². The molecule has 1 saturated heterocycles. The van der Waals surface area contributed by atoms with Crippen molar-refractivity contribution < 1.29 is 23.6 Å². The number of esters is 1. The quantitative estimate of drug-likeness (QED) is 0.540. The zero-order valence-electron chi connectivity index (χ0n) is 9.66. The van der Waals surface area contributed by atoms with Crippen LogP contribution in [-0.2, 0) is 13.7 Å². The summed E-state index contributed by atoms with van der Waals surface area (Å²) in [5.41, 5.74) is 5.85. The average molecular weight is 264 g/mol. The van der Waals surface area contributed by atoms with Crippen LogP contribution in [0.2, 0.25) is 0 Å². The van der Waals surface area contributed by atoms with Crippen LogP contribution in [-0.4, -0.2) is 60.2 Å². The van der Waals surface area contributed by atoms with Crippen LogP contribution in [0.1, 0.15) is 6.42 Å². The third-order valence-corrected chi connectivity index (χ3v) is 3.56. The Balaban J connectivity index is 2.89. The van der Waals surface area contributed by atoms with Crippen molar-refractivity contribution in [2.75, 3.05) is 20.8 Å². The van der Waals surface area contributed by atoms with Crippen LogP contribution in [0.15, 0.2) is 0 Å². The highest BCUT2D eigenvalue weighted by molar-refractivity contribution is 7.96. The second-order valence-electron chi connectivity index (χ2n) is 3.63. The van der Waals surface area contributed by atoms with Gasteiger partial charge in [-0.3, -0.25) is 4.79 Å². The number of amides is 1. The second kappa shape index (κ2) is 6.08. The van der Waals surface area contributed by atoms with E-state index in [1.54, 1.807) is 0 Å². The zero-order chi connectivity index (χ0) is 13.0. The third-order valence-electron chi connectivity index (χ3n) is 2.69. The molecule has 98 valence electrons. The number of rotatable bonds is 4. The van der Waals surface area contributed by atoms with E-state index in [9.17, 15) is 9.59 Å². The molecule has 7 nitrogen and oxygen atoms in total. The molecule has 1 aliphatic heterocycles. The Morgan fingerprint density at radius 1 is 1.53 bits per heavy atom. The summed E-state index contributed by atoms with van der Waals surface area (Å²) in [6.45, 7) is 0.318. The molecule has 0 radical (unpaired) electrons. The van der Waals surface area contributed by atoms with Crippen LogP contribution in [0.5, 0.6) is 0 Å². The summed E-state index contributed by atoms with van der Waals surface area (Å²) >= 11 is 0.872. The monoisotopic (exact) mass is 264 g/mol. The molecule has 0 bridgehead atoms. The van der Waals surface area contributed by atoms with Gasteiger partial charge in [0.05, 0.1) is 20.3 Å². The number of hydrogen-bond donors (Lipinski definition) is 2. The van der Waals surface area contributed by atoms with E-state index in [0.29, 0.717) is 13.0 Å². The van der Waals surface area contributed by atoms with Gasteiger partial charge < -0.3 is 24.7 Å². The summed E-state index contributed by atoms with van der Waals surface area (Å²) in [4.78, 5) is 23.8. The van der Waals surface area contributed by atoms with Crippen LogP contribution in [0, 0.1) is 0 Å². The fourth-order valence-electron chi connectivity index (χ4n) is 1.91. The lowest BCUT2D eigenvalue weighted by Gasteiger charge is -2.29. The van der Waals surface area contributed by atoms with Crippen LogP contribution in [0.3, 0.4) is 0 Å². The predicted octanol–water partition coefficient (Wildman–Crippen LogP) is -0.0978. The topological polar surface area (TPSA) is 102 Å². The van der Waals surface area contributed by atoms with Crippen molar-refractivity contribution in [1.82, 2.24) is 4.90 Å². The first-order chi connectivity index (χ1) is 8.02. The molecule has 0 aromatic heterocycles. The van der Waals surface area contributed by atoms with Crippen molar-refractivity contribution in [2.24, 2.45) is 5.73 Å². The minimum absolute atomic E-state index is 0.318. The molecular weight excluding hydrogens is 248 g/mol. The summed E-state index contributed by atoms with van der Waals surface area (Å²) in [6.07, 6.45) is -0.567. The van der Waals surface area contributed by atoms with E-state index < -0.39 is 29.4 Å². The van der Waals surface area contributed by atoms with E-state index in [0.717, 1.165) is 16.9 Å². The van der Waals surface area contributed by atoms with Crippen LogP contribution < -0.4 is 5.73 Å². The molecule has 3 atom stereocenters. The minimum Gasteiger partial charge on any atom is -0.468 e. The van der Waals surface area contributed by atoms with Gasteiger partial charge >= 0.3 is 12.1 Å². The minimum atomic E-state index is -1.09. The molecule has 0 aliphatic carbocycles. The van der Waals surface area contributed by atoms with E-state index in [4.69, 9.17) is 15.0 Å². The number of nitrogens with zero attached hydrogens (tertiary/aromatic N) is 1. The first-order valence-electron chi connectivity index (χ1n) is 5.05. The van der Waals surface area contributed by atoms with Crippen molar-refractivity contribution >= 4 is 24.1 Å². The van der Waals surface area contributed by atoms with E-state index in [-0.39, 0.29) is 0 Å². The Bertz CT molecular complexity index is 301. The first-order valence-corrected chi connectivity index (χ1v) is 5.85. The van der Waals surface area contributed by atoms with E-state index in [1.165, 1.54) is 14.2 Å². The Hall–Kier alpha value is -0.990. The summed E-state index contributed by atoms with van der Waals surface area (Å²) in [5.74, 6) is -0.537. The van der Waals surface area contributed by atoms with Crippen LogP contribution in [0.4, 0.5) is 4.79 Å². The molecular formula is C9H16N2O5S. The molecule has 3 N–H and O–H groups in total. The number of carbonyl (C=O) groups is 2. The van der Waals surface area contributed by atoms with Crippen molar-refractivity contribution in [3.63, 3.8) is 0 Å². The van der Waals surface area contributed by atoms with Crippen LogP contribution in [0.25, 0.3) is 0 Å². The number of ether oxygens (including phenoxy) is 1. The lowest BCUT2D eigenvalue weighted by atomic mass is 10.1. The van der Waals surface area contributed by atoms with Gasteiger partial charge in [-0.1, -0.05) is 0 Å². The molecule has 1 aliphatic rings.